The van der Waals surface area contributed by atoms with Crippen molar-refractivity contribution in [1.82, 2.24) is 5.32 Å². The topological polar surface area (TPSA) is 75.6 Å². The van der Waals surface area contributed by atoms with E-state index in [9.17, 15) is 9.59 Å². The lowest BCUT2D eigenvalue weighted by Crippen LogP contribution is -2.36. The van der Waals surface area contributed by atoms with Gasteiger partial charge < -0.3 is 15.2 Å². The molecule has 0 bridgehead atoms. The average molecular weight is 243 g/mol. The standard InChI is InChI=1S/C12H21NO4/c1-2-17-10-6-9(7-10)8-11(14)13-5-3-4-12(15)16/h9-10H,2-8H2,1H3,(H,13,14)(H,15,16). The second-order valence-corrected chi connectivity index (χ2v) is 4.47. The molecule has 5 nitrogen and oxygen atoms in total. The summed E-state index contributed by atoms with van der Waals surface area (Å²) in [6, 6.07) is 0. The van der Waals surface area contributed by atoms with E-state index in [2.05, 4.69) is 5.32 Å². The molecule has 1 amide bonds. The first-order valence-electron chi connectivity index (χ1n) is 6.22. The van der Waals surface area contributed by atoms with E-state index in [0.29, 0.717) is 31.4 Å². The van der Waals surface area contributed by atoms with Crippen molar-refractivity contribution in [3.63, 3.8) is 0 Å². The Bertz CT molecular complexity index is 261. The van der Waals surface area contributed by atoms with Gasteiger partial charge in [0.2, 0.25) is 5.91 Å². The molecule has 1 rings (SSSR count). The minimum atomic E-state index is -0.821. The van der Waals surface area contributed by atoms with Crippen molar-refractivity contribution in [3.05, 3.63) is 0 Å². The summed E-state index contributed by atoms with van der Waals surface area (Å²) >= 11 is 0. The van der Waals surface area contributed by atoms with Gasteiger partial charge in [0.05, 0.1) is 6.10 Å². The van der Waals surface area contributed by atoms with E-state index < -0.39 is 5.97 Å². The normalized spacial score (nSPS) is 22.9. The number of carbonyl (C=O) groups excluding carboxylic acids is 1. The molecule has 1 fully saturated rings. The quantitative estimate of drug-likeness (QED) is 0.627. The van der Waals surface area contributed by atoms with Crippen LogP contribution >= 0.6 is 0 Å². The van der Waals surface area contributed by atoms with E-state index in [0.717, 1.165) is 19.4 Å². The van der Waals surface area contributed by atoms with E-state index in [1.54, 1.807) is 0 Å². The number of hydrogen-bond acceptors (Lipinski definition) is 3. The predicted molar refractivity (Wildman–Crippen MR) is 62.6 cm³/mol. The summed E-state index contributed by atoms with van der Waals surface area (Å²) in [7, 11) is 0. The van der Waals surface area contributed by atoms with Crippen molar-refractivity contribution in [2.75, 3.05) is 13.2 Å². The summed E-state index contributed by atoms with van der Waals surface area (Å²) in [6.45, 7) is 3.16. The number of ether oxygens (including phenoxy) is 1. The lowest BCUT2D eigenvalue weighted by Gasteiger charge is -2.34. The summed E-state index contributed by atoms with van der Waals surface area (Å²) in [4.78, 5) is 21.7. The summed E-state index contributed by atoms with van der Waals surface area (Å²) in [6.07, 6.45) is 3.41. The lowest BCUT2D eigenvalue weighted by atomic mass is 9.80. The minimum Gasteiger partial charge on any atom is -0.481 e. The Balaban J connectivity index is 1.97. The van der Waals surface area contributed by atoms with E-state index in [-0.39, 0.29) is 12.3 Å². The Labute approximate surface area is 102 Å². The van der Waals surface area contributed by atoms with Crippen molar-refractivity contribution >= 4 is 11.9 Å². The molecule has 0 radical (unpaired) electrons. The first-order valence-corrected chi connectivity index (χ1v) is 6.22. The number of carboxylic acid groups (broad SMARTS) is 1. The number of rotatable bonds is 8. The monoisotopic (exact) mass is 243 g/mol. The molecule has 0 atom stereocenters. The maximum Gasteiger partial charge on any atom is 0.303 e. The molecule has 0 unspecified atom stereocenters. The van der Waals surface area contributed by atoms with Crippen molar-refractivity contribution in [2.45, 2.75) is 45.1 Å². The summed E-state index contributed by atoms with van der Waals surface area (Å²) < 4.78 is 5.42. The Morgan fingerprint density at radius 2 is 2.12 bits per heavy atom. The second-order valence-electron chi connectivity index (χ2n) is 4.47. The number of amides is 1. The predicted octanol–water partition coefficient (Wildman–Crippen LogP) is 1.17. The highest BCUT2D eigenvalue weighted by molar-refractivity contribution is 5.76. The molecular formula is C12H21NO4. The third-order valence-electron chi connectivity index (χ3n) is 2.96. The molecule has 17 heavy (non-hydrogen) atoms. The van der Waals surface area contributed by atoms with Crippen LogP contribution in [0.2, 0.25) is 0 Å². The van der Waals surface area contributed by atoms with Gasteiger partial charge in [0.15, 0.2) is 0 Å². The molecule has 1 saturated carbocycles. The van der Waals surface area contributed by atoms with Gasteiger partial charge >= 0.3 is 5.97 Å². The fourth-order valence-corrected chi connectivity index (χ4v) is 2.01. The number of aliphatic carboxylic acids is 1. The van der Waals surface area contributed by atoms with Crippen LogP contribution in [0.4, 0.5) is 0 Å². The van der Waals surface area contributed by atoms with Gasteiger partial charge in [-0.2, -0.15) is 0 Å². The van der Waals surface area contributed by atoms with Gasteiger partial charge in [0.25, 0.3) is 0 Å². The molecule has 2 N–H and O–H groups in total. The van der Waals surface area contributed by atoms with Crippen LogP contribution in [-0.2, 0) is 14.3 Å². The van der Waals surface area contributed by atoms with E-state index >= 15 is 0 Å². The largest absolute Gasteiger partial charge is 0.481 e. The molecule has 1 aliphatic carbocycles. The van der Waals surface area contributed by atoms with Crippen LogP contribution < -0.4 is 5.32 Å². The van der Waals surface area contributed by atoms with Gasteiger partial charge in [-0.3, -0.25) is 9.59 Å². The van der Waals surface area contributed by atoms with Gasteiger partial charge in [-0.05, 0) is 32.1 Å². The zero-order valence-electron chi connectivity index (χ0n) is 10.3. The zero-order chi connectivity index (χ0) is 12.7. The number of carboxylic acids is 1. The molecule has 0 aromatic carbocycles. The zero-order valence-corrected chi connectivity index (χ0v) is 10.3. The fourth-order valence-electron chi connectivity index (χ4n) is 2.01. The molecular weight excluding hydrogens is 222 g/mol. The third-order valence-corrected chi connectivity index (χ3v) is 2.96. The number of nitrogens with one attached hydrogen (secondary N) is 1. The van der Waals surface area contributed by atoms with Gasteiger partial charge in [0, 0.05) is 26.0 Å². The Kier molecular flexibility index (Phi) is 5.97. The van der Waals surface area contributed by atoms with Crippen LogP contribution in [0.1, 0.15) is 39.0 Å². The van der Waals surface area contributed by atoms with Crippen LogP contribution in [0.3, 0.4) is 0 Å². The van der Waals surface area contributed by atoms with Crippen LogP contribution in [0, 0.1) is 5.92 Å². The van der Waals surface area contributed by atoms with Crippen LogP contribution in [-0.4, -0.2) is 36.2 Å². The van der Waals surface area contributed by atoms with Gasteiger partial charge in [-0.15, -0.1) is 0 Å². The molecule has 0 heterocycles. The number of hydrogen-bond donors (Lipinski definition) is 2. The molecule has 0 aromatic rings. The molecule has 0 spiro atoms. The van der Waals surface area contributed by atoms with Crippen LogP contribution in [0.5, 0.6) is 0 Å². The smallest absolute Gasteiger partial charge is 0.303 e. The van der Waals surface area contributed by atoms with Crippen molar-refractivity contribution in [2.24, 2.45) is 5.92 Å². The summed E-state index contributed by atoms with van der Waals surface area (Å²) in [5, 5.41) is 11.2. The van der Waals surface area contributed by atoms with E-state index in [4.69, 9.17) is 9.84 Å². The highest BCUT2D eigenvalue weighted by Crippen LogP contribution is 2.32. The number of carbonyl (C=O) groups is 2. The molecule has 5 heteroatoms. The highest BCUT2D eigenvalue weighted by atomic mass is 16.5. The third kappa shape index (κ3) is 5.68. The maximum absolute atomic E-state index is 11.5. The van der Waals surface area contributed by atoms with E-state index in [1.165, 1.54) is 0 Å². The fraction of sp³-hybridized carbons (Fsp3) is 0.833. The maximum atomic E-state index is 11.5. The molecule has 0 aromatic heterocycles. The Hall–Kier alpha value is -1.10. The Morgan fingerprint density at radius 3 is 2.71 bits per heavy atom. The minimum absolute atomic E-state index is 0.0235. The average Bonchev–Trinajstić information content (AvgIpc) is 2.21. The van der Waals surface area contributed by atoms with E-state index in [1.807, 2.05) is 6.92 Å². The molecule has 0 aliphatic heterocycles. The first-order chi connectivity index (χ1) is 8.11. The molecule has 1 aliphatic rings. The van der Waals surface area contributed by atoms with Crippen LogP contribution in [0.15, 0.2) is 0 Å². The molecule has 0 saturated heterocycles. The van der Waals surface area contributed by atoms with Crippen LogP contribution in [0.25, 0.3) is 0 Å². The van der Waals surface area contributed by atoms with Crippen molar-refractivity contribution in [3.8, 4) is 0 Å². The van der Waals surface area contributed by atoms with Gasteiger partial charge in [-0.1, -0.05) is 0 Å². The van der Waals surface area contributed by atoms with Gasteiger partial charge in [-0.25, -0.2) is 0 Å². The SMILES string of the molecule is CCOC1CC(CC(=O)NCCCC(=O)O)C1. The molecule has 98 valence electrons. The Morgan fingerprint density at radius 1 is 1.41 bits per heavy atom. The summed E-state index contributed by atoms with van der Waals surface area (Å²) in [5.74, 6) is -0.362. The van der Waals surface area contributed by atoms with Crippen molar-refractivity contribution < 1.29 is 19.4 Å². The lowest BCUT2D eigenvalue weighted by molar-refractivity contribution is -0.137. The first kappa shape index (κ1) is 14.0. The van der Waals surface area contributed by atoms with Gasteiger partial charge in [0.1, 0.15) is 0 Å². The summed E-state index contributed by atoms with van der Waals surface area (Å²) in [5.41, 5.74) is 0. The van der Waals surface area contributed by atoms with Crippen molar-refractivity contribution in [1.29, 1.82) is 0 Å². The highest BCUT2D eigenvalue weighted by Gasteiger charge is 2.30. The second kappa shape index (κ2) is 7.27.